The van der Waals surface area contributed by atoms with Crippen LogP contribution in [-0.2, 0) is 4.79 Å². The molecule has 5 nitrogen and oxygen atoms in total. The number of aromatic nitrogens is 2. The lowest BCUT2D eigenvalue weighted by atomic mass is 10.1. The van der Waals surface area contributed by atoms with Gasteiger partial charge < -0.3 is 0 Å². The first-order valence-corrected chi connectivity index (χ1v) is 7.92. The van der Waals surface area contributed by atoms with Gasteiger partial charge in [0.15, 0.2) is 5.16 Å². The highest BCUT2D eigenvalue weighted by molar-refractivity contribution is 9.10. The van der Waals surface area contributed by atoms with E-state index < -0.39 is 0 Å². The van der Waals surface area contributed by atoms with Crippen molar-refractivity contribution in [3.05, 3.63) is 52.8 Å². The molecule has 21 heavy (non-hydrogen) atoms. The Morgan fingerprint density at radius 1 is 1.33 bits per heavy atom. The maximum Gasteiger partial charge on any atom is 0.250 e. The number of carbonyl (C=O) groups excluding carboxylic acids is 1. The Kier molecular flexibility index (Phi) is 5.89. The molecule has 1 heterocycles. The molecule has 0 spiro atoms. The molecule has 0 saturated heterocycles. The minimum atomic E-state index is -0.193. The summed E-state index contributed by atoms with van der Waals surface area (Å²) in [5.41, 5.74) is 4.22. The topological polar surface area (TPSA) is 67.2 Å². The Morgan fingerprint density at radius 3 is 2.81 bits per heavy atom. The summed E-state index contributed by atoms with van der Waals surface area (Å²) < 4.78 is 0.970. The van der Waals surface area contributed by atoms with Crippen molar-refractivity contribution in [1.82, 2.24) is 15.4 Å². The first kappa shape index (κ1) is 15.7. The Hall–Kier alpha value is -1.73. The number of carbonyl (C=O) groups is 1. The molecule has 7 heteroatoms. The van der Waals surface area contributed by atoms with Gasteiger partial charge in [0.25, 0.3) is 5.91 Å². The van der Waals surface area contributed by atoms with Gasteiger partial charge in [-0.2, -0.15) is 5.10 Å². The average molecular weight is 365 g/mol. The summed E-state index contributed by atoms with van der Waals surface area (Å²) in [6.07, 6.45) is 3.28. The Bertz CT molecular complexity index is 648. The van der Waals surface area contributed by atoms with Gasteiger partial charge >= 0.3 is 0 Å². The molecule has 2 aromatic rings. The second kappa shape index (κ2) is 7.90. The number of hydrogen-bond donors (Lipinski definition) is 1. The lowest BCUT2D eigenvalue weighted by Gasteiger charge is -2.03. The standard InChI is InChI=1S/C14H13BrN4OS/c1-10(11-4-2-5-12(15)8-11)18-19-13(20)9-21-14-16-6-3-7-17-14/h2-8H,9H2,1H3,(H,19,20)/b18-10-. The summed E-state index contributed by atoms with van der Waals surface area (Å²) in [4.78, 5) is 19.8. The molecule has 0 radical (unpaired) electrons. The van der Waals surface area contributed by atoms with E-state index in [1.54, 1.807) is 18.5 Å². The molecule has 0 unspecified atom stereocenters. The average Bonchev–Trinajstić information content (AvgIpc) is 2.51. The molecule has 1 aromatic carbocycles. The van der Waals surface area contributed by atoms with Crippen LogP contribution in [0.15, 0.2) is 57.5 Å². The van der Waals surface area contributed by atoms with E-state index >= 15 is 0 Å². The largest absolute Gasteiger partial charge is 0.272 e. The van der Waals surface area contributed by atoms with Crippen LogP contribution < -0.4 is 5.43 Å². The Balaban J connectivity index is 1.87. The molecule has 0 atom stereocenters. The highest BCUT2D eigenvalue weighted by atomic mass is 79.9. The Labute approximate surface area is 135 Å². The van der Waals surface area contributed by atoms with E-state index in [1.807, 2.05) is 31.2 Å². The first-order chi connectivity index (χ1) is 10.1. The number of nitrogens with zero attached hydrogens (tertiary/aromatic N) is 3. The molecule has 1 amide bonds. The van der Waals surface area contributed by atoms with Crippen molar-refractivity contribution in [3.63, 3.8) is 0 Å². The summed E-state index contributed by atoms with van der Waals surface area (Å²) in [5, 5.41) is 4.66. The van der Waals surface area contributed by atoms with Crippen molar-refractivity contribution >= 4 is 39.3 Å². The molecule has 0 aliphatic rings. The highest BCUT2D eigenvalue weighted by Gasteiger charge is 2.04. The van der Waals surface area contributed by atoms with Gasteiger partial charge in [0.05, 0.1) is 11.5 Å². The summed E-state index contributed by atoms with van der Waals surface area (Å²) in [6.45, 7) is 1.84. The third-order valence-electron chi connectivity index (χ3n) is 2.47. The number of benzene rings is 1. The maximum atomic E-state index is 11.7. The molecule has 0 aliphatic carbocycles. The lowest BCUT2D eigenvalue weighted by Crippen LogP contribution is -2.21. The van der Waals surface area contributed by atoms with Crippen LogP contribution in [0, 0.1) is 0 Å². The summed E-state index contributed by atoms with van der Waals surface area (Å²) in [7, 11) is 0. The molecule has 2 rings (SSSR count). The molecule has 0 bridgehead atoms. The van der Waals surface area contributed by atoms with Crippen molar-refractivity contribution in [2.45, 2.75) is 12.1 Å². The quantitative estimate of drug-likeness (QED) is 0.383. The lowest BCUT2D eigenvalue weighted by molar-refractivity contribution is -0.118. The summed E-state index contributed by atoms with van der Waals surface area (Å²) in [6, 6.07) is 9.46. The third-order valence-corrected chi connectivity index (χ3v) is 3.83. The van der Waals surface area contributed by atoms with Crippen molar-refractivity contribution in [2.75, 3.05) is 5.75 Å². The van der Waals surface area contributed by atoms with Crippen molar-refractivity contribution < 1.29 is 4.79 Å². The minimum Gasteiger partial charge on any atom is -0.272 e. The maximum absolute atomic E-state index is 11.7. The zero-order valence-electron chi connectivity index (χ0n) is 11.3. The number of rotatable bonds is 5. The van der Waals surface area contributed by atoms with E-state index in [4.69, 9.17) is 0 Å². The SMILES string of the molecule is C/C(=N/NC(=O)CSc1ncccn1)c1cccc(Br)c1. The van der Waals surface area contributed by atoms with Gasteiger partial charge in [-0.3, -0.25) is 4.79 Å². The van der Waals surface area contributed by atoms with Gasteiger partial charge in [0, 0.05) is 16.9 Å². The van der Waals surface area contributed by atoms with E-state index in [0.29, 0.717) is 5.16 Å². The number of halogens is 1. The van der Waals surface area contributed by atoms with Crippen LogP contribution in [0.1, 0.15) is 12.5 Å². The fourth-order valence-electron chi connectivity index (χ4n) is 1.45. The van der Waals surface area contributed by atoms with Crippen LogP contribution in [0.2, 0.25) is 0 Å². The molecule has 0 aliphatic heterocycles. The number of thioether (sulfide) groups is 1. The van der Waals surface area contributed by atoms with Gasteiger partial charge in [-0.25, -0.2) is 15.4 Å². The zero-order chi connectivity index (χ0) is 15.1. The molecule has 1 aromatic heterocycles. The molecular formula is C14H13BrN4OS. The third kappa shape index (κ3) is 5.28. The van der Waals surface area contributed by atoms with E-state index in [2.05, 4.69) is 36.4 Å². The van der Waals surface area contributed by atoms with Gasteiger partial charge in [0.1, 0.15) is 0 Å². The predicted molar refractivity (Wildman–Crippen MR) is 87.3 cm³/mol. The summed E-state index contributed by atoms with van der Waals surface area (Å²) >= 11 is 4.67. The van der Waals surface area contributed by atoms with Crippen molar-refractivity contribution in [1.29, 1.82) is 0 Å². The van der Waals surface area contributed by atoms with Crippen LogP contribution in [0.4, 0.5) is 0 Å². The Morgan fingerprint density at radius 2 is 2.10 bits per heavy atom. The second-order valence-corrected chi connectivity index (χ2v) is 5.92. The number of nitrogens with one attached hydrogen (secondary N) is 1. The normalized spacial score (nSPS) is 11.2. The van der Waals surface area contributed by atoms with Crippen LogP contribution in [0.5, 0.6) is 0 Å². The van der Waals surface area contributed by atoms with Crippen LogP contribution in [0.25, 0.3) is 0 Å². The number of amides is 1. The van der Waals surface area contributed by atoms with Gasteiger partial charge in [0.2, 0.25) is 0 Å². The summed E-state index contributed by atoms with van der Waals surface area (Å²) in [5.74, 6) is 0.0287. The van der Waals surface area contributed by atoms with Crippen LogP contribution in [-0.4, -0.2) is 27.3 Å². The van der Waals surface area contributed by atoms with E-state index in [0.717, 1.165) is 15.7 Å². The smallest absolute Gasteiger partial charge is 0.250 e. The second-order valence-electron chi connectivity index (χ2n) is 4.06. The number of hydrazone groups is 1. The first-order valence-electron chi connectivity index (χ1n) is 6.14. The zero-order valence-corrected chi connectivity index (χ0v) is 13.7. The minimum absolute atomic E-state index is 0.193. The van der Waals surface area contributed by atoms with Crippen LogP contribution >= 0.6 is 27.7 Å². The molecule has 1 N–H and O–H groups in total. The predicted octanol–water partition coefficient (Wildman–Crippen LogP) is 2.87. The van der Waals surface area contributed by atoms with E-state index in [-0.39, 0.29) is 11.7 Å². The van der Waals surface area contributed by atoms with Gasteiger partial charge in [-0.15, -0.1) is 0 Å². The van der Waals surface area contributed by atoms with E-state index in [9.17, 15) is 4.79 Å². The fraction of sp³-hybridized carbons (Fsp3) is 0.143. The van der Waals surface area contributed by atoms with Crippen molar-refractivity contribution in [2.24, 2.45) is 5.10 Å². The number of hydrogen-bond acceptors (Lipinski definition) is 5. The van der Waals surface area contributed by atoms with Gasteiger partial charge in [-0.05, 0) is 30.7 Å². The molecular weight excluding hydrogens is 352 g/mol. The van der Waals surface area contributed by atoms with E-state index in [1.165, 1.54) is 11.8 Å². The van der Waals surface area contributed by atoms with Crippen LogP contribution in [0.3, 0.4) is 0 Å². The van der Waals surface area contributed by atoms with Gasteiger partial charge in [-0.1, -0.05) is 39.8 Å². The molecule has 108 valence electrons. The molecule has 0 fully saturated rings. The fourth-order valence-corrected chi connectivity index (χ4v) is 2.44. The highest BCUT2D eigenvalue weighted by Crippen LogP contribution is 2.12. The molecule has 0 saturated carbocycles. The van der Waals surface area contributed by atoms with Crippen molar-refractivity contribution in [3.8, 4) is 0 Å². The monoisotopic (exact) mass is 364 g/mol.